The van der Waals surface area contributed by atoms with E-state index in [0.717, 1.165) is 147 Å². The zero-order chi connectivity index (χ0) is 32.4. The molecule has 2 saturated heterocycles. The van der Waals surface area contributed by atoms with Crippen molar-refractivity contribution in [2.45, 2.75) is 109 Å². The molecule has 1 aromatic carbocycles. The van der Waals surface area contributed by atoms with E-state index >= 15 is 0 Å². The first kappa shape index (κ1) is 33.5. The highest BCUT2D eigenvalue weighted by atomic mass is 16.5. The van der Waals surface area contributed by atoms with Crippen molar-refractivity contribution in [3.8, 4) is 11.5 Å². The minimum absolute atomic E-state index is 0.0690. The quantitative estimate of drug-likeness (QED) is 0.152. The highest BCUT2D eigenvalue weighted by Crippen LogP contribution is 2.59. The van der Waals surface area contributed by atoms with Gasteiger partial charge in [-0.2, -0.15) is 0 Å². The van der Waals surface area contributed by atoms with Crippen molar-refractivity contribution in [1.29, 1.82) is 0 Å². The molecule has 47 heavy (non-hydrogen) atoms. The molecule has 7 rings (SSSR count). The first-order chi connectivity index (χ1) is 22.9. The maximum atomic E-state index is 13.4. The normalized spacial score (nSPS) is 31.8. The summed E-state index contributed by atoms with van der Waals surface area (Å²) in [6.45, 7) is 10.8. The third-order valence-corrected chi connectivity index (χ3v) is 12.9. The Labute approximate surface area is 280 Å². The number of esters is 2. The summed E-state index contributed by atoms with van der Waals surface area (Å²) in [5, 5.41) is 0. The van der Waals surface area contributed by atoms with E-state index in [2.05, 4.69) is 13.8 Å². The van der Waals surface area contributed by atoms with E-state index in [-0.39, 0.29) is 34.6 Å². The van der Waals surface area contributed by atoms with Gasteiger partial charge in [0.2, 0.25) is 0 Å². The fourth-order valence-electron chi connectivity index (χ4n) is 9.08. The molecule has 4 aliphatic carbocycles. The van der Waals surface area contributed by atoms with Gasteiger partial charge in [-0.15, -0.1) is 0 Å². The Kier molecular flexibility index (Phi) is 10.3. The topological polar surface area (TPSA) is 89.5 Å². The minimum Gasteiger partial charge on any atom is -0.426 e. The number of benzene rings is 1. The summed E-state index contributed by atoms with van der Waals surface area (Å²) in [6, 6.07) is 3.77. The Bertz CT molecular complexity index is 1150. The maximum Gasteiger partial charge on any atom is 0.314 e. The molecule has 0 spiro atoms. The monoisotopic (exact) mass is 652 g/mol. The molecule has 260 valence electrons. The van der Waals surface area contributed by atoms with Crippen molar-refractivity contribution < 1.29 is 38.0 Å². The van der Waals surface area contributed by atoms with Gasteiger partial charge in [-0.3, -0.25) is 9.59 Å². The number of rotatable bonds is 14. The minimum atomic E-state index is -0.109. The summed E-state index contributed by atoms with van der Waals surface area (Å²) in [4.78, 5) is 26.8. The molecule has 2 bridgehead atoms. The van der Waals surface area contributed by atoms with Crippen LogP contribution >= 0.6 is 0 Å². The second-order valence-corrected chi connectivity index (χ2v) is 16.1. The van der Waals surface area contributed by atoms with Crippen molar-refractivity contribution in [3.05, 3.63) is 23.3 Å². The molecule has 6 aliphatic rings. The summed E-state index contributed by atoms with van der Waals surface area (Å²) in [7, 11) is 0. The van der Waals surface area contributed by atoms with Gasteiger partial charge in [-0.25, -0.2) is 0 Å². The van der Waals surface area contributed by atoms with Crippen LogP contribution in [0.3, 0.4) is 0 Å². The Morgan fingerprint density at radius 1 is 0.638 bits per heavy atom. The van der Waals surface area contributed by atoms with E-state index < -0.39 is 0 Å². The van der Waals surface area contributed by atoms with E-state index in [1.807, 2.05) is 12.1 Å². The van der Waals surface area contributed by atoms with Crippen LogP contribution in [0.25, 0.3) is 0 Å². The SMILES string of the molecule is CCC1(COCC2CCC(C(=O)Oc3ccc(OC(=O)C4CCC(COCC5(CC)COC5)CC4)c4c3C3CCC4C3)CC2)COC1. The van der Waals surface area contributed by atoms with Gasteiger partial charge in [-0.05, 0) is 119 Å². The van der Waals surface area contributed by atoms with E-state index in [1.54, 1.807) is 0 Å². The van der Waals surface area contributed by atoms with Gasteiger partial charge in [0, 0.05) is 35.2 Å². The van der Waals surface area contributed by atoms with Crippen molar-refractivity contribution in [2.24, 2.45) is 34.5 Å². The highest BCUT2D eigenvalue weighted by Gasteiger charge is 2.43. The molecule has 8 nitrogen and oxygen atoms in total. The number of carbonyl (C=O) groups is 2. The summed E-state index contributed by atoms with van der Waals surface area (Å²) in [6.07, 6.45) is 12.8. The second kappa shape index (κ2) is 14.5. The maximum absolute atomic E-state index is 13.4. The molecule has 2 atom stereocenters. The molecule has 3 saturated carbocycles. The molecule has 1 aromatic rings. The van der Waals surface area contributed by atoms with Crippen LogP contribution in [0, 0.1) is 34.5 Å². The van der Waals surface area contributed by atoms with Crippen molar-refractivity contribution in [3.63, 3.8) is 0 Å². The molecular formula is C39H56O8. The number of hydrogen-bond donors (Lipinski definition) is 0. The van der Waals surface area contributed by atoms with Crippen LogP contribution in [0.2, 0.25) is 0 Å². The third kappa shape index (κ3) is 7.18. The van der Waals surface area contributed by atoms with E-state index in [0.29, 0.717) is 35.2 Å². The van der Waals surface area contributed by atoms with Gasteiger partial charge in [-0.1, -0.05) is 13.8 Å². The summed E-state index contributed by atoms with van der Waals surface area (Å²) < 4.78 is 35.4. The van der Waals surface area contributed by atoms with E-state index in [9.17, 15) is 9.59 Å². The zero-order valence-electron chi connectivity index (χ0n) is 28.7. The predicted molar refractivity (Wildman–Crippen MR) is 177 cm³/mol. The van der Waals surface area contributed by atoms with Crippen LogP contribution in [0.15, 0.2) is 12.1 Å². The Morgan fingerprint density at radius 3 is 1.38 bits per heavy atom. The van der Waals surface area contributed by atoms with Crippen LogP contribution < -0.4 is 9.47 Å². The standard InChI is InChI=1S/C39H56O8/c1-3-38(22-44-23-38)20-42-18-26-5-9-28(10-6-26)36(40)46-32-15-16-33(35-31-14-13-30(17-31)34(32)35)47-37(41)29-11-7-27(8-12-29)19-43-21-39(4-2)24-45-25-39/h15-16,26-31H,3-14,17-25H2,1-2H3. The van der Waals surface area contributed by atoms with Crippen LogP contribution in [-0.4, -0.2) is 64.8 Å². The summed E-state index contributed by atoms with van der Waals surface area (Å²) in [5.74, 6) is 2.80. The van der Waals surface area contributed by atoms with Gasteiger partial charge in [0.1, 0.15) is 11.5 Å². The largest absolute Gasteiger partial charge is 0.426 e. The number of hydrogen-bond acceptors (Lipinski definition) is 8. The molecule has 2 unspecified atom stereocenters. The molecule has 8 heteroatoms. The average Bonchev–Trinajstić information content (AvgIpc) is 3.69. The lowest BCUT2D eigenvalue weighted by Gasteiger charge is -2.40. The Morgan fingerprint density at radius 2 is 1.04 bits per heavy atom. The Balaban J connectivity index is 0.890. The first-order valence-electron chi connectivity index (χ1n) is 18.8. The summed E-state index contributed by atoms with van der Waals surface area (Å²) in [5.41, 5.74) is 2.67. The van der Waals surface area contributed by atoms with E-state index in [4.69, 9.17) is 28.4 Å². The van der Waals surface area contributed by atoms with Crippen LogP contribution in [-0.2, 0) is 28.5 Å². The van der Waals surface area contributed by atoms with Crippen molar-refractivity contribution in [2.75, 3.05) is 52.9 Å². The number of carbonyl (C=O) groups excluding carboxylic acids is 2. The van der Waals surface area contributed by atoms with Crippen LogP contribution in [0.4, 0.5) is 0 Å². The molecule has 2 heterocycles. The van der Waals surface area contributed by atoms with Crippen molar-refractivity contribution in [1.82, 2.24) is 0 Å². The van der Waals surface area contributed by atoms with Gasteiger partial charge in [0.25, 0.3) is 0 Å². The molecular weight excluding hydrogens is 596 g/mol. The lowest BCUT2D eigenvalue weighted by molar-refractivity contribution is -0.154. The fourth-order valence-corrected chi connectivity index (χ4v) is 9.08. The highest BCUT2D eigenvalue weighted by molar-refractivity contribution is 5.78. The van der Waals surface area contributed by atoms with Crippen LogP contribution in [0.5, 0.6) is 11.5 Å². The van der Waals surface area contributed by atoms with Crippen molar-refractivity contribution >= 4 is 11.9 Å². The molecule has 2 aliphatic heterocycles. The van der Waals surface area contributed by atoms with Crippen LogP contribution in [0.1, 0.15) is 120 Å². The summed E-state index contributed by atoms with van der Waals surface area (Å²) >= 11 is 0. The molecule has 0 radical (unpaired) electrons. The fraction of sp³-hybridized carbons (Fsp3) is 0.795. The van der Waals surface area contributed by atoms with Gasteiger partial charge < -0.3 is 28.4 Å². The molecule has 0 amide bonds. The molecule has 0 N–H and O–H groups in total. The zero-order valence-corrected chi connectivity index (χ0v) is 28.7. The lowest BCUT2D eigenvalue weighted by atomic mass is 9.82. The number of fused-ring (bicyclic) bond motifs is 5. The smallest absolute Gasteiger partial charge is 0.314 e. The predicted octanol–water partition coefficient (Wildman–Crippen LogP) is 7.36. The third-order valence-electron chi connectivity index (χ3n) is 12.9. The Hall–Kier alpha value is -2.00. The van der Waals surface area contributed by atoms with Gasteiger partial charge in [0.05, 0.1) is 51.5 Å². The van der Waals surface area contributed by atoms with E-state index in [1.165, 1.54) is 0 Å². The van der Waals surface area contributed by atoms with Gasteiger partial charge >= 0.3 is 11.9 Å². The molecule has 0 aromatic heterocycles. The second-order valence-electron chi connectivity index (χ2n) is 16.1. The number of ether oxygens (including phenoxy) is 6. The lowest BCUT2D eigenvalue weighted by Crippen LogP contribution is -2.46. The van der Waals surface area contributed by atoms with Gasteiger partial charge in [0.15, 0.2) is 0 Å². The average molecular weight is 653 g/mol. The first-order valence-corrected chi connectivity index (χ1v) is 18.8. The molecule has 5 fully saturated rings.